The molecule has 0 aliphatic heterocycles. The number of halogens is 1. The van der Waals surface area contributed by atoms with E-state index >= 15 is 0 Å². The molecule has 124 valence electrons. The quantitative estimate of drug-likeness (QED) is 0.774. The summed E-state index contributed by atoms with van der Waals surface area (Å²) in [6.07, 6.45) is 0.302. The van der Waals surface area contributed by atoms with Crippen LogP contribution in [-0.4, -0.2) is 29.9 Å². The van der Waals surface area contributed by atoms with Crippen LogP contribution >= 0.6 is 11.6 Å². The molecular weight excluding hydrogens is 310 g/mol. The lowest BCUT2D eigenvalue weighted by Crippen LogP contribution is -2.46. The van der Waals surface area contributed by atoms with Crippen LogP contribution in [-0.2, 0) is 6.42 Å². The number of nitrogens with one attached hydrogen (secondary N) is 1. The number of aliphatic hydroxyl groups excluding tert-OH is 1. The second-order valence-electron chi connectivity index (χ2n) is 6.35. The Hall–Kier alpha value is -1.55. The minimum atomic E-state index is -0.556. The number of hydrogen-bond acceptors (Lipinski definition) is 3. The lowest BCUT2D eigenvalue weighted by Gasteiger charge is -2.28. The predicted octanol–water partition coefficient (Wildman–Crippen LogP) is 3.69. The maximum atomic E-state index is 10.1. The Balaban J connectivity index is 1.75. The Morgan fingerprint density at radius 1 is 1.09 bits per heavy atom. The van der Waals surface area contributed by atoms with E-state index in [-0.39, 0.29) is 12.1 Å². The van der Waals surface area contributed by atoms with Crippen molar-refractivity contribution in [2.75, 3.05) is 13.2 Å². The van der Waals surface area contributed by atoms with Crippen molar-refractivity contribution < 1.29 is 9.84 Å². The molecule has 1 unspecified atom stereocenters. The van der Waals surface area contributed by atoms with Crippen molar-refractivity contribution in [2.45, 2.75) is 31.9 Å². The summed E-state index contributed by atoms with van der Waals surface area (Å²) in [6.45, 7) is 4.99. The molecule has 0 fully saturated rings. The van der Waals surface area contributed by atoms with Gasteiger partial charge < -0.3 is 15.2 Å². The number of para-hydroxylation sites is 1. The Morgan fingerprint density at radius 2 is 1.74 bits per heavy atom. The summed E-state index contributed by atoms with van der Waals surface area (Å²) in [5.41, 5.74) is 1.09. The molecule has 2 aromatic carbocycles. The number of benzene rings is 2. The van der Waals surface area contributed by atoms with E-state index < -0.39 is 6.10 Å². The molecule has 2 rings (SSSR count). The summed E-state index contributed by atoms with van der Waals surface area (Å²) < 4.78 is 5.56. The van der Waals surface area contributed by atoms with E-state index in [0.717, 1.165) is 17.2 Å². The first-order valence-electron chi connectivity index (χ1n) is 7.80. The van der Waals surface area contributed by atoms with Gasteiger partial charge in [-0.2, -0.15) is 0 Å². The number of β-amino-alcohol motifs (C(OH)–C–C–N with tert-alkyl or cyclic N) is 1. The predicted molar refractivity (Wildman–Crippen MR) is 95.2 cm³/mol. The van der Waals surface area contributed by atoms with Gasteiger partial charge in [0.25, 0.3) is 0 Å². The maximum absolute atomic E-state index is 10.1. The summed E-state index contributed by atoms with van der Waals surface area (Å²) in [4.78, 5) is 0. The van der Waals surface area contributed by atoms with Crippen molar-refractivity contribution in [1.82, 2.24) is 5.32 Å². The minimum Gasteiger partial charge on any atom is -0.491 e. The summed E-state index contributed by atoms with van der Waals surface area (Å²) in [5.74, 6) is 0.770. The highest BCUT2D eigenvalue weighted by Crippen LogP contribution is 2.16. The van der Waals surface area contributed by atoms with Gasteiger partial charge in [-0.1, -0.05) is 41.9 Å². The van der Waals surface area contributed by atoms with Crippen molar-refractivity contribution in [2.24, 2.45) is 0 Å². The van der Waals surface area contributed by atoms with Gasteiger partial charge in [-0.05, 0) is 50.1 Å². The van der Waals surface area contributed by atoms with Crippen LogP contribution in [0.15, 0.2) is 54.6 Å². The minimum absolute atomic E-state index is 0.123. The molecule has 0 aromatic heterocycles. The van der Waals surface area contributed by atoms with Gasteiger partial charge in [0.15, 0.2) is 0 Å². The van der Waals surface area contributed by atoms with Gasteiger partial charge in [-0.25, -0.2) is 0 Å². The van der Waals surface area contributed by atoms with E-state index in [4.69, 9.17) is 16.3 Å². The van der Waals surface area contributed by atoms with Crippen LogP contribution in [0.3, 0.4) is 0 Å². The van der Waals surface area contributed by atoms with Crippen LogP contribution in [0, 0.1) is 0 Å². The van der Waals surface area contributed by atoms with E-state index in [1.54, 1.807) is 0 Å². The standard InChI is InChI=1S/C19H24ClNO2/c1-19(2,12-15-8-10-16(20)11-9-15)21-13-17(22)14-23-18-6-4-3-5-7-18/h3-11,17,21-22H,12-14H2,1-2H3. The van der Waals surface area contributed by atoms with Crippen molar-refractivity contribution >= 4 is 11.6 Å². The largest absolute Gasteiger partial charge is 0.491 e. The lowest BCUT2D eigenvalue weighted by atomic mass is 9.95. The Kier molecular flexibility index (Phi) is 6.46. The molecule has 0 bridgehead atoms. The summed E-state index contributed by atoms with van der Waals surface area (Å²) in [5, 5.41) is 14.2. The third kappa shape index (κ3) is 6.61. The lowest BCUT2D eigenvalue weighted by molar-refractivity contribution is 0.0988. The van der Waals surface area contributed by atoms with Gasteiger partial charge in [-0.3, -0.25) is 0 Å². The molecular formula is C19H24ClNO2. The van der Waals surface area contributed by atoms with Crippen molar-refractivity contribution in [3.8, 4) is 5.75 Å². The van der Waals surface area contributed by atoms with Crippen LogP contribution in [0.4, 0.5) is 0 Å². The second kappa shape index (κ2) is 8.34. The molecule has 0 aliphatic rings. The highest BCUT2D eigenvalue weighted by molar-refractivity contribution is 6.30. The van der Waals surface area contributed by atoms with Gasteiger partial charge >= 0.3 is 0 Å². The van der Waals surface area contributed by atoms with E-state index in [1.807, 2.05) is 54.6 Å². The van der Waals surface area contributed by atoms with Crippen molar-refractivity contribution in [3.63, 3.8) is 0 Å². The van der Waals surface area contributed by atoms with Gasteiger partial charge in [0.1, 0.15) is 18.5 Å². The molecule has 3 nitrogen and oxygen atoms in total. The molecule has 0 heterocycles. The Bertz CT molecular complexity index is 584. The number of hydrogen-bond donors (Lipinski definition) is 2. The highest BCUT2D eigenvalue weighted by Gasteiger charge is 2.19. The monoisotopic (exact) mass is 333 g/mol. The van der Waals surface area contributed by atoms with Gasteiger partial charge in [0.2, 0.25) is 0 Å². The SMILES string of the molecule is CC(C)(Cc1ccc(Cl)cc1)NCC(O)COc1ccccc1. The number of ether oxygens (including phenoxy) is 1. The fourth-order valence-electron chi connectivity index (χ4n) is 2.34. The van der Waals surface area contributed by atoms with Crippen LogP contribution < -0.4 is 10.1 Å². The second-order valence-corrected chi connectivity index (χ2v) is 6.78. The molecule has 2 N–H and O–H groups in total. The summed E-state index contributed by atoms with van der Waals surface area (Å²) in [6, 6.07) is 17.4. The van der Waals surface area contributed by atoms with E-state index in [9.17, 15) is 5.11 Å². The topological polar surface area (TPSA) is 41.5 Å². The number of rotatable bonds is 8. The van der Waals surface area contributed by atoms with Crippen molar-refractivity contribution in [3.05, 3.63) is 65.2 Å². The van der Waals surface area contributed by atoms with Crippen molar-refractivity contribution in [1.29, 1.82) is 0 Å². The molecule has 0 saturated carbocycles. The Labute approximate surface area is 143 Å². The van der Waals surface area contributed by atoms with Crippen LogP contribution in [0.25, 0.3) is 0 Å². The molecule has 4 heteroatoms. The average Bonchev–Trinajstić information content (AvgIpc) is 2.54. The smallest absolute Gasteiger partial charge is 0.119 e. The first-order valence-corrected chi connectivity index (χ1v) is 8.18. The third-order valence-corrected chi connectivity index (χ3v) is 3.81. The molecule has 23 heavy (non-hydrogen) atoms. The first kappa shape index (κ1) is 17.8. The van der Waals surface area contributed by atoms with Gasteiger partial charge in [0.05, 0.1) is 0 Å². The van der Waals surface area contributed by atoms with Gasteiger partial charge in [-0.15, -0.1) is 0 Å². The fourth-order valence-corrected chi connectivity index (χ4v) is 2.46. The molecule has 0 amide bonds. The summed E-state index contributed by atoms with van der Waals surface area (Å²) in [7, 11) is 0. The molecule has 0 saturated heterocycles. The average molecular weight is 334 g/mol. The zero-order valence-corrected chi connectivity index (χ0v) is 14.4. The summed E-state index contributed by atoms with van der Waals surface area (Å²) >= 11 is 5.91. The van der Waals surface area contributed by atoms with E-state index in [1.165, 1.54) is 5.56 Å². The molecule has 1 atom stereocenters. The first-order chi connectivity index (χ1) is 10.9. The zero-order chi connectivity index (χ0) is 16.7. The molecule has 0 aliphatic carbocycles. The normalized spacial score (nSPS) is 12.9. The van der Waals surface area contributed by atoms with Gasteiger partial charge in [0, 0.05) is 17.1 Å². The zero-order valence-electron chi connectivity index (χ0n) is 13.6. The van der Waals surface area contributed by atoms with E-state index in [2.05, 4.69) is 19.2 Å². The van der Waals surface area contributed by atoms with Crippen LogP contribution in [0.5, 0.6) is 5.75 Å². The number of aliphatic hydroxyl groups is 1. The molecule has 0 spiro atoms. The Morgan fingerprint density at radius 3 is 2.39 bits per heavy atom. The van der Waals surface area contributed by atoms with Crippen LogP contribution in [0.2, 0.25) is 5.02 Å². The fraction of sp³-hybridized carbons (Fsp3) is 0.368. The van der Waals surface area contributed by atoms with E-state index in [0.29, 0.717) is 6.54 Å². The van der Waals surface area contributed by atoms with Crippen LogP contribution in [0.1, 0.15) is 19.4 Å². The highest BCUT2D eigenvalue weighted by atomic mass is 35.5. The molecule has 2 aromatic rings. The maximum Gasteiger partial charge on any atom is 0.119 e. The molecule has 0 radical (unpaired) electrons. The third-order valence-electron chi connectivity index (χ3n) is 3.56.